The van der Waals surface area contributed by atoms with Crippen LogP contribution in [0.15, 0.2) is 0 Å². The Labute approximate surface area is 124 Å². The van der Waals surface area contributed by atoms with E-state index in [2.05, 4.69) is 12.8 Å². The molecule has 1 amide bonds. The average Bonchev–Trinajstić information content (AvgIpc) is 2.12. The van der Waals surface area contributed by atoms with Crippen molar-refractivity contribution >= 4 is 36.6 Å². The van der Waals surface area contributed by atoms with Crippen molar-refractivity contribution in [1.29, 1.82) is 0 Å². The van der Waals surface area contributed by atoms with Crippen molar-refractivity contribution in [3.8, 4) is 0 Å². The van der Waals surface area contributed by atoms with E-state index in [1.807, 2.05) is 20.8 Å². The zero-order valence-corrected chi connectivity index (χ0v) is 14.0. The van der Waals surface area contributed by atoms with Crippen molar-refractivity contribution in [2.75, 3.05) is 5.75 Å². The van der Waals surface area contributed by atoms with Gasteiger partial charge in [0.1, 0.15) is 5.60 Å². The molecule has 0 aromatic heterocycles. The lowest BCUT2D eigenvalue weighted by molar-refractivity contribution is -0.140. The predicted octanol–water partition coefficient (Wildman–Crippen LogP) is 3.05. The number of rotatable bonds is 4. The van der Waals surface area contributed by atoms with Gasteiger partial charge in [-0.15, -0.1) is 0 Å². The zero-order valence-electron chi connectivity index (χ0n) is 12.3. The molecule has 0 aliphatic heterocycles. The summed E-state index contributed by atoms with van der Waals surface area (Å²) >= 11 is 5.42. The van der Waals surface area contributed by atoms with Crippen LogP contribution in [0.5, 0.6) is 0 Å². The van der Waals surface area contributed by atoms with E-state index in [1.165, 1.54) is 11.8 Å². The lowest BCUT2D eigenvalue weighted by atomic mass is 10.2. The maximum absolute atomic E-state index is 11.8. The van der Waals surface area contributed by atoms with E-state index < -0.39 is 23.7 Å². The summed E-state index contributed by atoms with van der Waals surface area (Å²) in [4.78, 5) is 23.0. The summed E-state index contributed by atoms with van der Waals surface area (Å²) in [6.07, 6.45) is -0.752. The lowest BCUT2D eigenvalue weighted by Crippen LogP contribution is -2.43. The fourth-order valence-corrected chi connectivity index (χ4v) is 2.29. The largest absolute Gasteiger partial charge is 0.480 e. The summed E-state index contributed by atoms with van der Waals surface area (Å²) in [6, 6.07) is -1.03. The zero-order chi connectivity index (χ0) is 15.4. The fourth-order valence-electron chi connectivity index (χ4n) is 1.01. The Morgan fingerprint density at radius 1 is 1.26 bits per heavy atom. The summed E-state index contributed by atoms with van der Waals surface area (Å²) < 4.78 is 5.85. The van der Waals surface area contributed by atoms with Gasteiger partial charge in [-0.2, -0.15) is 11.8 Å². The molecule has 112 valence electrons. The molecule has 0 aliphatic rings. The quantitative estimate of drug-likeness (QED) is 0.781. The third-order valence-corrected chi connectivity index (χ3v) is 3.63. The summed E-state index contributed by atoms with van der Waals surface area (Å²) in [5, 5.41) is 9.18. The molecule has 0 bridgehead atoms. The number of nitrogens with zero attached hydrogens (tertiary/aromatic N) is 1. The maximum atomic E-state index is 11.8. The van der Waals surface area contributed by atoms with Gasteiger partial charge in [0, 0.05) is 10.5 Å². The second-order valence-corrected chi connectivity index (χ2v) is 8.38. The van der Waals surface area contributed by atoms with Crippen LogP contribution in [0.25, 0.3) is 0 Å². The topological polar surface area (TPSA) is 66.8 Å². The van der Waals surface area contributed by atoms with Crippen LogP contribution < -0.4 is 0 Å². The molecule has 7 heteroatoms. The Bertz CT molecular complexity index is 334. The standard InChI is InChI=1S/C12H23NO4S2/c1-11(2,3)17-10(16)13(18)8(9(14)15)7-19-12(4,5)6/h8,18H,7H2,1-6H3,(H,14,15)/t8-/m0/s1. The van der Waals surface area contributed by atoms with E-state index in [4.69, 9.17) is 4.74 Å². The minimum atomic E-state index is -1.10. The van der Waals surface area contributed by atoms with Gasteiger partial charge in [-0.1, -0.05) is 33.6 Å². The van der Waals surface area contributed by atoms with Crippen molar-refractivity contribution in [3.05, 3.63) is 0 Å². The van der Waals surface area contributed by atoms with E-state index in [-0.39, 0.29) is 10.5 Å². The third-order valence-electron chi connectivity index (χ3n) is 1.84. The van der Waals surface area contributed by atoms with Gasteiger partial charge < -0.3 is 9.84 Å². The Kier molecular flexibility index (Phi) is 6.54. The normalized spacial score (nSPS) is 13.8. The molecule has 0 fully saturated rings. The highest BCUT2D eigenvalue weighted by molar-refractivity contribution is 8.00. The van der Waals surface area contributed by atoms with Gasteiger partial charge in [0.25, 0.3) is 0 Å². The Hall–Kier alpha value is -0.560. The highest BCUT2D eigenvalue weighted by Crippen LogP contribution is 2.26. The van der Waals surface area contributed by atoms with Gasteiger partial charge in [0.2, 0.25) is 0 Å². The molecule has 1 N–H and O–H groups in total. The van der Waals surface area contributed by atoms with Gasteiger partial charge in [-0.3, -0.25) is 0 Å². The molecule has 19 heavy (non-hydrogen) atoms. The summed E-state index contributed by atoms with van der Waals surface area (Å²) in [6.45, 7) is 11.1. The van der Waals surface area contributed by atoms with Crippen LogP contribution in [0, 0.1) is 0 Å². The van der Waals surface area contributed by atoms with Crippen molar-refractivity contribution in [3.63, 3.8) is 0 Å². The van der Waals surface area contributed by atoms with Crippen molar-refractivity contribution in [1.82, 2.24) is 4.31 Å². The molecule has 5 nitrogen and oxygen atoms in total. The molecule has 0 unspecified atom stereocenters. The number of thiol groups is 1. The average molecular weight is 309 g/mol. The third kappa shape index (κ3) is 8.26. The van der Waals surface area contributed by atoms with Crippen LogP contribution in [0.3, 0.4) is 0 Å². The number of carbonyl (C=O) groups is 2. The molecule has 0 spiro atoms. The second kappa shape index (κ2) is 6.74. The van der Waals surface area contributed by atoms with Crippen molar-refractivity contribution in [2.24, 2.45) is 0 Å². The second-order valence-electron chi connectivity index (χ2n) is 6.10. The van der Waals surface area contributed by atoms with Gasteiger partial charge >= 0.3 is 12.1 Å². The number of hydrogen-bond acceptors (Lipinski definition) is 5. The molecule has 0 aromatic carbocycles. The minimum Gasteiger partial charge on any atom is -0.480 e. The lowest BCUT2D eigenvalue weighted by Gasteiger charge is -2.28. The van der Waals surface area contributed by atoms with Crippen LogP contribution in [-0.2, 0) is 9.53 Å². The van der Waals surface area contributed by atoms with Crippen LogP contribution >= 0.6 is 24.6 Å². The smallest absolute Gasteiger partial charge is 0.421 e. The molecule has 0 aromatic rings. The summed E-state index contributed by atoms with van der Waals surface area (Å²) in [5.74, 6) is -0.848. The first-order valence-electron chi connectivity index (χ1n) is 5.91. The first-order valence-corrected chi connectivity index (χ1v) is 7.30. The van der Waals surface area contributed by atoms with Crippen LogP contribution in [0.4, 0.5) is 4.79 Å². The molecule has 0 radical (unpaired) electrons. The fraction of sp³-hybridized carbons (Fsp3) is 0.833. The summed E-state index contributed by atoms with van der Waals surface area (Å²) in [7, 11) is 0. The molecule has 0 saturated carbocycles. The number of hydrogen-bond donors (Lipinski definition) is 2. The van der Waals surface area contributed by atoms with E-state index in [1.54, 1.807) is 20.8 Å². The van der Waals surface area contributed by atoms with E-state index >= 15 is 0 Å². The first kappa shape index (κ1) is 18.4. The maximum Gasteiger partial charge on any atom is 0.421 e. The number of thioether (sulfide) groups is 1. The number of carboxylic acid groups (broad SMARTS) is 1. The minimum absolute atomic E-state index is 0.0871. The number of amides is 1. The Morgan fingerprint density at radius 2 is 1.74 bits per heavy atom. The molecule has 0 heterocycles. The van der Waals surface area contributed by atoms with E-state index in [9.17, 15) is 14.7 Å². The van der Waals surface area contributed by atoms with Gasteiger partial charge in [-0.05, 0) is 20.8 Å². The van der Waals surface area contributed by atoms with Gasteiger partial charge in [0.15, 0.2) is 6.04 Å². The molecule has 0 saturated heterocycles. The predicted molar refractivity (Wildman–Crippen MR) is 80.7 cm³/mol. The highest BCUT2D eigenvalue weighted by Gasteiger charge is 2.32. The molecular weight excluding hydrogens is 286 g/mol. The van der Waals surface area contributed by atoms with Crippen LogP contribution in [-0.4, -0.2) is 43.6 Å². The summed E-state index contributed by atoms with van der Waals surface area (Å²) in [5.41, 5.74) is -0.682. The molecule has 0 rings (SSSR count). The van der Waals surface area contributed by atoms with Crippen LogP contribution in [0.2, 0.25) is 0 Å². The van der Waals surface area contributed by atoms with Gasteiger partial charge in [0.05, 0.1) is 0 Å². The SMILES string of the molecule is CC(C)(C)OC(=O)N(S)[C@@H](CSC(C)(C)C)C(=O)O. The molecule has 1 atom stereocenters. The number of aliphatic carboxylic acids is 1. The Balaban J connectivity index is 4.71. The first-order chi connectivity index (χ1) is 8.33. The van der Waals surface area contributed by atoms with E-state index in [0.29, 0.717) is 0 Å². The number of ether oxygens (including phenoxy) is 1. The number of carboxylic acids is 1. The highest BCUT2D eigenvalue weighted by atomic mass is 32.2. The monoisotopic (exact) mass is 309 g/mol. The van der Waals surface area contributed by atoms with E-state index in [0.717, 1.165) is 4.31 Å². The Morgan fingerprint density at radius 3 is 2.05 bits per heavy atom. The number of carbonyl (C=O) groups excluding carboxylic acids is 1. The van der Waals surface area contributed by atoms with Gasteiger partial charge in [-0.25, -0.2) is 13.9 Å². The molecular formula is C12H23NO4S2. The van der Waals surface area contributed by atoms with Crippen molar-refractivity contribution < 1.29 is 19.4 Å². The van der Waals surface area contributed by atoms with Crippen LogP contribution in [0.1, 0.15) is 41.5 Å². The molecule has 0 aliphatic carbocycles. The van der Waals surface area contributed by atoms with Crippen molar-refractivity contribution in [2.45, 2.75) is 57.9 Å².